The average Bonchev–Trinajstić information content (AvgIpc) is 3.43. The van der Waals surface area contributed by atoms with Gasteiger partial charge in [0.25, 0.3) is 0 Å². The fourth-order valence-electron chi connectivity index (χ4n) is 4.83. The summed E-state index contributed by atoms with van der Waals surface area (Å²) in [5.74, 6) is 2.72. The first kappa shape index (κ1) is 21.6. The van der Waals surface area contributed by atoms with Crippen LogP contribution in [0.4, 0.5) is 0 Å². The molecule has 0 aliphatic heterocycles. The maximum Gasteiger partial charge on any atom is 0.303 e. The first-order valence-corrected chi connectivity index (χ1v) is 11.8. The minimum absolute atomic E-state index is 0.123. The highest BCUT2D eigenvalue weighted by molar-refractivity contribution is 5.68. The summed E-state index contributed by atoms with van der Waals surface area (Å²) in [6.07, 6.45) is 7.10. The van der Waals surface area contributed by atoms with Crippen molar-refractivity contribution in [2.24, 2.45) is 0 Å². The van der Waals surface area contributed by atoms with Crippen LogP contribution in [0.1, 0.15) is 60.6 Å². The molecule has 0 bridgehead atoms. The SMILES string of the molecule is O=C(O)C[C@@H]1CCc2cc(OCCCOc3cccc(-c4nc5c(o4)CCCC5)c3)ccc21. The van der Waals surface area contributed by atoms with Crippen molar-refractivity contribution in [3.63, 3.8) is 0 Å². The fourth-order valence-corrected chi connectivity index (χ4v) is 4.83. The lowest BCUT2D eigenvalue weighted by Gasteiger charge is -2.11. The molecule has 0 saturated carbocycles. The molecule has 3 aromatic rings. The Bertz CT molecular complexity index is 1110. The number of aromatic nitrogens is 1. The van der Waals surface area contributed by atoms with Crippen molar-refractivity contribution in [2.75, 3.05) is 13.2 Å². The summed E-state index contributed by atoms with van der Waals surface area (Å²) in [5, 5.41) is 9.07. The van der Waals surface area contributed by atoms with E-state index in [1.54, 1.807) is 0 Å². The number of fused-ring (bicyclic) bond motifs is 2. The van der Waals surface area contributed by atoms with Gasteiger partial charge in [0.1, 0.15) is 17.3 Å². The Balaban J connectivity index is 1.10. The number of hydrogen-bond donors (Lipinski definition) is 1. The van der Waals surface area contributed by atoms with E-state index >= 15 is 0 Å². The highest BCUT2D eigenvalue weighted by Crippen LogP contribution is 2.37. The van der Waals surface area contributed by atoms with Crippen molar-refractivity contribution < 1.29 is 23.8 Å². The van der Waals surface area contributed by atoms with Crippen LogP contribution in [0.5, 0.6) is 11.5 Å². The van der Waals surface area contributed by atoms with Gasteiger partial charge in [-0.1, -0.05) is 12.1 Å². The maximum atomic E-state index is 11.0. The van der Waals surface area contributed by atoms with E-state index < -0.39 is 5.97 Å². The molecular weight excluding hydrogens is 418 g/mol. The van der Waals surface area contributed by atoms with E-state index in [4.69, 9.17) is 19.0 Å². The van der Waals surface area contributed by atoms with E-state index in [-0.39, 0.29) is 12.3 Å². The average molecular weight is 448 g/mol. The monoisotopic (exact) mass is 447 g/mol. The summed E-state index contributed by atoms with van der Waals surface area (Å²) in [6, 6.07) is 13.9. The molecule has 0 amide bonds. The fraction of sp³-hybridized carbons (Fsp3) is 0.407. The molecule has 1 heterocycles. The first-order chi connectivity index (χ1) is 16.2. The largest absolute Gasteiger partial charge is 0.493 e. The number of aliphatic carboxylic acids is 1. The number of ether oxygens (including phenoxy) is 2. The van der Waals surface area contributed by atoms with Gasteiger partial charge in [-0.2, -0.15) is 0 Å². The number of carboxylic acids is 1. The van der Waals surface area contributed by atoms with Gasteiger partial charge in [-0.05, 0) is 79.5 Å². The van der Waals surface area contributed by atoms with Crippen molar-refractivity contribution in [1.82, 2.24) is 4.98 Å². The summed E-state index contributed by atoms with van der Waals surface area (Å²) in [4.78, 5) is 15.7. The van der Waals surface area contributed by atoms with Gasteiger partial charge in [0.15, 0.2) is 0 Å². The van der Waals surface area contributed by atoms with Crippen LogP contribution in [-0.2, 0) is 24.1 Å². The molecule has 1 N–H and O–H groups in total. The normalized spacial score (nSPS) is 16.8. The number of aryl methyl sites for hydroxylation is 3. The van der Waals surface area contributed by atoms with Gasteiger partial charge in [0.2, 0.25) is 5.89 Å². The Morgan fingerprint density at radius 2 is 1.85 bits per heavy atom. The number of nitrogens with zero attached hydrogens (tertiary/aromatic N) is 1. The summed E-state index contributed by atoms with van der Waals surface area (Å²) < 4.78 is 17.8. The molecule has 2 aromatic carbocycles. The Morgan fingerprint density at radius 1 is 1.03 bits per heavy atom. The molecule has 0 unspecified atom stereocenters. The zero-order valence-electron chi connectivity index (χ0n) is 18.7. The van der Waals surface area contributed by atoms with Crippen molar-refractivity contribution in [3.05, 3.63) is 65.0 Å². The molecule has 172 valence electrons. The van der Waals surface area contributed by atoms with Gasteiger partial charge in [-0.15, -0.1) is 0 Å². The van der Waals surface area contributed by atoms with Gasteiger partial charge in [0.05, 0.1) is 25.3 Å². The van der Waals surface area contributed by atoms with Crippen LogP contribution in [0.3, 0.4) is 0 Å². The topological polar surface area (TPSA) is 81.8 Å². The van der Waals surface area contributed by atoms with Crippen molar-refractivity contribution in [3.8, 4) is 23.0 Å². The van der Waals surface area contributed by atoms with E-state index in [0.29, 0.717) is 19.1 Å². The second-order valence-corrected chi connectivity index (χ2v) is 8.87. The summed E-state index contributed by atoms with van der Waals surface area (Å²) in [7, 11) is 0. The second-order valence-electron chi connectivity index (χ2n) is 8.87. The van der Waals surface area contributed by atoms with Crippen LogP contribution in [0, 0.1) is 0 Å². The van der Waals surface area contributed by atoms with E-state index in [1.807, 2.05) is 36.4 Å². The number of benzene rings is 2. The Hall–Kier alpha value is -3.28. The minimum Gasteiger partial charge on any atom is -0.493 e. The summed E-state index contributed by atoms with van der Waals surface area (Å²) in [5.41, 5.74) is 4.40. The van der Waals surface area contributed by atoms with Gasteiger partial charge < -0.3 is 19.0 Å². The predicted molar refractivity (Wildman–Crippen MR) is 124 cm³/mol. The van der Waals surface area contributed by atoms with Crippen LogP contribution in [0.15, 0.2) is 46.9 Å². The molecule has 33 heavy (non-hydrogen) atoms. The molecule has 2 aliphatic rings. The third-order valence-electron chi connectivity index (χ3n) is 6.49. The molecule has 6 heteroatoms. The number of hydrogen-bond acceptors (Lipinski definition) is 5. The zero-order valence-corrected chi connectivity index (χ0v) is 18.7. The van der Waals surface area contributed by atoms with E-state index in [0.717, 1.165) is 66.2 Å². The van der Waals surface area contributed by atoms with E-state index in [1.165, 1.54) is 18.4 Å². The Morgan fingerprint density at radius 3 is 2.67 bits per heavy atom. The smallest absolute Gasteiger partial charge is 0.303 e. The zero-order chi connectivity index (χ0) is 22.6. The number of rotatable bonds is 9. The van der Waals surface area contributed by atoms with E-state index in [2.05, 4.69) is 11.1 Å². The molecular formula is C27H29NO5. The summed E-state index contributed by atoms with van der Waals surface area (Å²) >= 11 is 0. The Labute approximate surface area is 193 Å². The lowest BCUT2D eigenvalue weighted by Crippen LogP contribution is -2.05. The molecule has 1 atom stereocenters. The molecule has 0 fully saturated rings. The lowest BCUT2D eigenvalue weighted by atomic mass is 9.98. The highest BCUT2D eigenvalue weighted by atomic mass is 16.5. The Kier molecular flexibility index (Phi) is 6.33. The molecule has 0 radical (unpaired) electrons. The molecule has 0 saturated heterocycles. The van der Waals surface area contributed by atoms with Gasteiger partial charge in [0, 0.05) is 18.4 Å². The summed E-state index contributed by atoms with van der Waals surface area (Å²) in [6.45, 7) is 1.11. The quantitative estimate of drug-likeness (QED) is 0.432. The number of carbonyl (C=O) groups is 1. The van der Waals surface area contributed by atoms with Crippen molar-refractivity contribution in [2.45, 2.75) is 57.3 Å². The van der Waals surface area contributed by atoms with Crippen LogP contribution < -0.4 is 9.47 Å². The number of oxazole rings is 1. The van der Waals surface area contributed by atoms with Crippen LogP contribution in [0.25, 0.3) is 11.5 Å². The van der Waals surface area contributed by atoms with E-state index in [9.17, 15) is 4.79 Å². The standard InChI is InChI=1S/C27H29NO5/c29-26(30)17-19-10-9-18-15-22(11-12-23(18)19)32-14-4-13-31-21-6-3-5-20(16-21)27-28-24-7-1-2-8-25(24)33-27/h3,5-6,11-12,15-16,19H,1-2,4,7-10,13-14,17H2,(H,29,30)/t19-/m0/s1. The molecule has 1 aromatic heterocycles. The van der Waals surface area contributed by atoms with Gasteiger partial charge in [-0.3, -0.25) is 4.79 Å². The molecule has 5 rings (SSSR count). The first-order valence-electron chi connectivity index (χ1n) is 11.8. The molecule has 0 spiro atoms. The van der Waals surface area contributed by atoms with Crippen molar-refractivity contribution >= 4 is 5.97 Å². The third-order valence-corrected chi connectivity index (χ3v) is 6.49. The predicted octanol–water partition coefficient (Wildman–Crippen LogP) is 5.57. The van der Waals surface area contributed by atoms with Crippen LogP contribution in [0.2, 0.25) is 0 Å². The lowest BCUT2D eigenvalue weighted by molar-refractivity contribution is -0.137. The van der Waals surface area contributed by atoms with Crippen LogP contribution in [-0.4, -0.2) is 29.3 Å². The second kappa shape index (κ2) is 9.69. The number of carboxylic acid groups (broad SMARTS) is 1. The third kappa shape index (κ3) is 5.05. The minimum atomic E-state index is -0.738. The maximum absolute atomic E-state index is 11.0. The van der Waals surface area contributed by atoms with Gasteiger partial charge in [-0.25, -0.2) is 4.98 Å². The molecule has 6 nitrogen and oxygen atoms in total. The van der Waals surface area contributed by atoms with Gasteiger partial charge >= 0.3 is 5.97 Å². The highest BCUT2D eigenvalue weighted by Gasteiger charge is 2.25. The molecule has 2 aliphatic carbocycles. The van der Waals surface area contributed by atoms with Crippen LogP contribution >= 0.6 is 0 Å². The van der Waals surface area contributed by atoms with Crippen molar-refractivity contribution in [1.29, 1.82) is 0 Å².